The van der Waals surface area contributed by atoms with Crippen LogP contribution in [0.2, 0.25) is 0 Å². The monoisotopic (exact) mass is 217 g/mol. The summed E-state index contributed by atoms with van der Waals surface area (Å²) in [7, 11) is 1.75. The van der Waals surface area contributed by atoms with E-state index < -0.39 is 0 Å². The Morgan fingerprint density at radius 2 is 2.36 bits per heavy atom. The van der Waals surface area contributed by atoms with E-state index in [1.54, 1.807) is 7.05 Å². The smallest absolute Gasteiger partial charge is 0.188 e. The summed E-state index contributed by atoms with van der Waals surface area (Å²) in [5.74, 6) is 0.718. The molecule has 1 heterocycles. The minimum atomic E-state index is 0.261. The molecule has 1 rings (SSSR count). The number of hydrogen-bond acceptors (Lipinski definition) is 4. The van der Waals surface area contributed by atoms with Gasteiger partial charge in [0.05, 0.1) is 13.6 Å². The van der Waals surface area contributed by atoms with Crippen LogP contribution in [0.5, 0.6) is 0 Å². The van der Waals surface area contributed by atoms with Crippen molar-refractivity contribution in [2.75, 3.05) is 6.54 Å². The highest BCUT2D eigenvalue weighted by Gasteiger charge is 2.02. The van der Waals surface area contributed by atoms with Crippen molar-refractivity contribution in [1.82, 2.24) is 25.5 Å². The van der Waals surface area contributed by atoms with Crippen LogP contribution < -0.4 is 5.32 Å². The Bertz CT molecular complexity index is 262. The van der Waals surface area contributed by atoms with Gasteiger partial charge in [0.25, 0.3) is 0 Å². The number of alkyl halides is 1. The second kappa shape index (κ2) is 5.93. The zero-order valence-electron chi connectivity index (χ0n) is 8.57. The molecule has 0 amide bonds. The molecule has 1 atom stereocenters. The quantitative estimate of drug-likeness (QED) is 0.563. The predicted octanol–water partition coefficient (Wildman–Crippen LogP) is 0.707. The Balaban J connectivity index is 2.10. The van der Waals surface area contributed by atoms with E-state index in [9.17, 15) is 0 Å². The topological polar surface area (TPSA) is 55.6 Å². The number of aryl methyl sites for hydroxylation is 1. The van der Waals surface area contributed by atoms with Gasteiger partial charge >= 0.3 is 0 Å². The highest BCUT2D eigenvalue weighted by atomic mass is 35.5. The van der Waals surface area contributed by atoms with Gasteiger partial charge in [-0.25, -0.2) is 0 Å². The number of aromatic nitrogens is 4. The third kappa shape index (κ3) is 4.02. The molecule has 0 aliphatic carbocycles. The molecule has 0 aliphatic heterocycles. The van der Waals surface area contributed by atoms with Gasteiger partial charge in [-0.1, -0.05) is 6.92 Å². The first kappa shape index (κ1) is 11.4. The summed E-state index contributed by atoms with van der Waals surface area (Å²) in [6.45, 7) is 3.63. The van der Waals surface area contributed by atoms with Gasteiger partial charge in [0, 0.05) is 5.38 Å². The molecule has 0 saturated carbocycles. The molecule has 1 aromatic heterocycles. The van der Waals surface area contributed by atoms with E-state index in [0.29, 0.717) is 6.54 Å². The van der Waals surface area contributed by atoms with Crippen LogP contribution in [0.4, 0.5) is 0 Å². The average Bonchev–Trinajstić information content (AvgIpc) is 2.58. The molecule has 1 N–H and O–H groups in total. The number of nitrogens with one attached hydrogen (secondary N) is 1. The molecule has 0 spiro atoms. The van der Waals surface area contributed by atoms with Gasteiger partial charge in [0.2, 0.25) is 0 Å². The summed E-state index contributed by atoms with van der Waals surface area (Å²) in [5.41, 5.74) is 0. The number of halogens is 1. The van der Waals surface area contributed by atoms with Crippen molar-refractivity contribution in [2.24, 2.45) is 7.05 Å². The van der Waals surface area contributed by atoms with Gasteiger partial charge in [-0.2, -0.15) is 4.80 Å². The van der Waals surface area contributed by atoms with Crippen LogP contribution in [0.15, 0.2) is 0 Å². The van der Waals surface area contributed by atoms with Crippen molar-refractivity contribution in [3.63, 3.8) is 0 Å². The lowest BCUT2D eigenvalue weighted by atomic mass is 10.2. The molecule has 80 valence electrons. The van der Waals surface area contributed by atoms with E-state index in [0.717, 1.165) is 25.2 Å². The third-order valence-corrected chi connectivity index (χ3v) is 2.44. The number of tetrazole rings is 1. The van der Waals surface area contributed by atoms with Crippen molar-refractivity contribution in [2.45, 2.75) is 31.7 Å². The van der Waals surface area contributed by atoms with Gasteiger partial charge in [-0.3, -0.25) is 0 Å². The van der Waals surface area contributed by atoms with Gasteiger partial charge < -0.3 is 5.32 Å². The van der Waals surface area contributed by atoms with E-state index in [-0.39, 0.29) is 5.38 Å². The summed E-state index contributed by atoms with van der Waals surface area (Å²) >= 11 is 5.96. The predicted molar refractivity (Wildman–Crippen MR) is 55.1 cm³/mol. The molecule has 0 aromatic carbocycles. The second-order valence-electron chi connectivity index (χ2n) is 3.17. The lowest BCUT2D eigenvalue weighted by Crippen LogP contribution is -2.18. The van der Waals surface area contributed by atoms with Crippen molar-refractivity contribution in [3.05, 3.63) is 5.82 Å². The highest BCUT2D eigenvalue weighted by molar-refractivity contribution is 6.20. The molecule has 0 bridgehead atoms. The Morgan fingerprint density at radius 3 is 2.93 bits per heavy atom. The Hall–Kier alpha value is -0.680. The Kier molecular flexibility index (Phi) is 4.82. The first-order valence-corrected chi connectivity index (χ1v) is 5.23. The number of hydrogen-bond donors (Lipinski definition) is 1. The van der Waals surface area contributed by atoms with Crippen molar-refractivity contribution in [3.8, 4) is 0 Å². The number of rotatable bonds is 6. The second-order valence-corrected chi connectivity index (χ2v) is 3.78. The van der Waals surface area contributed by atoms with Crippen LogP contribution >= 0.6 is 11.6 Å². The molecule has 0 aliphatic rings. The fourth-order valence-electron chi connectivity index (χ4n) is 1.06. The average molecular weight is 218 g/mol. The first-order valence-electron chi connectivity index (χ1n) is 4.80. The van der Waals surface area contributed by atoms with Gasteiger partial charge in [-0.15, -0.1) is 21.8 Å². The molecule has 0 saturated heterocycles. The van der Waals surface area contributed by atoms with E-state index in [1.165, 1.54) is 4.80 Å². The van der Waals surface area contributed by atoms with Crippen LogP contribution in [0.3, 0.4) is 0 Å². The molecule has 1 aromatic rings. The van der Waals surface area contributed by atoms with Crippen molar-refractivity contribution >= 4 is 11.6 Å². The van der Waals surface area contributed by atoms with Crippen LogP contribution in [0.25, 0.3) is 0 Å². The van der Waals surface area contributed by atoms with Crippen LogP contribution in [-0.2, 0) is 13.6 Å². The molecular weight excluding hydrogens is 202 g/mol. The van der Waals surface area contributed by atoms with Crippen molar-refractivity contribution in [1.29, 1.82) is 0 Å². The van der Waals surface area contributed by atoms with Gasteiger partial charge in [-0.05, 0) is 24.6 Å². The molecule has 1 unspecified atom stereocenters. The van der Waals surface area contributed by atoms with Gasteiger partial charge in [0.15, 0.2) is 5.82 Å². The standard InChI is InChI=1S/C8H16ClN5/c1-3-7(9)4-5-10-6-8-11-13-14(2)12-8/h7,10H,3-6H2,1-2H3. The third-order valence-electron chi connectivity index (χ3n) is 1.91. The van der Waals surface area contributed by atoms with E-state index in [4.69, 9.17) is 11.6 Å². The highest BCUT2D eigenvalue weighted by Crippen LogP contribution is 2.04. The Labute approximate surface area is 88.8 Å². The molecular formula is C8H16ClN5. The molecule has 0 radical (unpaired) electrons. The van der Waals surface area contributed by atoms with Crippen LogP contribution in [0.1, 0.15) is 25.6 Å². The normalized spacial score (nSPS) is 13.1. The zero-order valence-corrected chi connectivity index (χ0v) is 9.33. The summed E-state index contributed by atoms with van der Waals surface area (Å²) in [6, 6.07) is 0. The lowest BCUT2D eigenvalue weighted by molar-refractivity contribution is 0.599. The summed E-state index contributed by atoms with van der Waals surface area (Å²) < 4.78 is 0. The van der Waals surface area contributed by atoms with Crippen LogP contribution in [0, 0.1) is 0 Å². The number of nitrogens with zero attached hydrogens (tertiary/aromatic N) is 4. The van der Waals surface area contributed by atoms with Crippen LogP contribution in [-0.4, -0.2) is 32.1 Å². The fourth-order valence-corrected chi connectivity index (χ4v) is 1.17. The zero-order chi connectivity index (χ0) is 10.4. The first-order chi connectivity index (χ1) is 6.72. The largest absolute Gasteiger partial charge is 0.310 e. The Morgan fingerprint density at radius 1 is 1.57 bits per heavy atom. The summed E-state index contributed by atoms with van der Waals surface area (Å²) in [4.78, 5) is 1.45. The molecule has 6 heteroatoms. The van der Waals surface area contributed by atoms with E-state index in [2.05, 4.69) is 27.7 Å². The lowest BCUT2D eigenvalue weighted by Gasteiger charge is -2.05. The minimum Gasteiger partial charge on any atom is -0.310 e. The summed E-state index contributed by atoms with van der Waals surface area (Å²) in [5, 5.41) is 15.1. The maximum Gasteiger partial charge on any atom is 0.188 e. The van der Waals surface area contributed by atoms with E-state index in [1.807, 2.05) is 0 Å². The van der Waals surface area contributed by atoms with Crippen molar-refractivity contribution < 1.29 is 0 Å². The molecule has 0 fully saturated rings. The minimum absolute atomic E-state index is 0.261. The maximum absolute atomic E-state index is 5.96. The molecule has 14 heavy (non-hydrogen) atoms. The molecule has 5 nitrogen and oxygen atoms in total. The SMILES string of the molecule is CCC(Cl)CCNCc1nnn(C)n1. The van der Waals surface area contributed by atoms with Gasteiger partial charge in [0.1, 0.15) is 0 Å². The van der Waals surface area contributed by atoms with E-state index >= 15 is 0 Å². The maximum atomic E-state index is 5.96. The fraction of sp³-hybridized carbons (Fsp3) is 0.875. The summed E-state index contributed by atoms with van der Waals surface area (Å²) in [6.07, 6.45) is 1.98.